The molecule has 1 aliphatic heterocycles. The molecule has 0 aromatic carbocycles. The van der Waals surface area contributed by atoms with Gasteiger partial charge in [0.1, 0.15) is 0 Å². The molecular weight excluding hydrogens is 206 g/mol. The lowest BCUT2D eigenvalue weighted by Gasteiger charge is -2.26. The van der Waals surface area contributed by atoms with Crippen LogP contribution in [-0.2, 0) is 0 Å². The zero-order valence-corrected chi connectivity index (χ0v) is 10.8. The summed E-state index contributed by atoms with van der Waals surface area (Å²) in [4.78, 5) is 2.53. The number of nitrogens with zero attached hydrogens (tertiary/aromatic N) is 1. The number of aliphatic hydroxyl groups excluding tert-OH is 1. The SMILES string of the molecule is CCCC[C@H](O)CCCN1CCSCC1. The second-order valence-electron chi connectivity index (χ2n) is 4.39. The molecule has 1 atom stereocenters. The van der Waals surface area contributed by atoms with E-state index >= 15 is 0 Å². The Labute approximate surface area is 98.4 Å². The van der Waals surface area contributed by atoms with E-state index in [1.807, 2.05) is 0 Å². The number of hydrogen-bond acceptors (Lipinski definition) is 3. The Kier molecular flexibility index (Phi) is 7.49. The van der Waals surface area contributed by atoms with Gasteiger partial charge in [0.25, 0.3) is 0 Å². The lowest BCUT2D eigenvalue weighted by Crippen LogP contribution is -2.33. The largest absolute Gasteiger partial charge is 0.393 e. The van der Waals surface area contributed by atoms with E-state index in [2.05, 4.69) is 23.6 Å². The Morgan fingerprint density at radius 3 is 2.53 bits per heavy atom. The van der Waals surface area contributed by atoms with Gasteiger partial charge in [0.15, 0.2) is 0 Å². The molecule has 0 aliphatic carbocycles. The first kappa shape index (κ1) is 13.3. The van der Waals surface area contributed by atoms with Gasteiger partial charge in [-0.25, -0.2) is 0 Å². The smallest absolute Gasteiger partial charge is 0.0540 e. The van der Waals surface area contributed by atoms with Crippen LogP contribution in [0.2, 0.25) is 0 Å². The van der Waals surface area contributed by atoms with Gasteiger partial charge < -0.3 is 10.0 Å². The van der Waals surface area contributed by atoms with E-state index in [-0.39, 0.29) is 6.10 Å². The predicted molar refractivity (Wildman–Crippen MR) is 68.5 cm³/mol. The number of unbranched alkanes of at least 4 members (excludes halogenated alkanes) is 1. The molecule has 1 saturated heterocycles. The third-order valence-corrected chi connectivity index (χ3v) is 3.95. The van der Waals surface area contributed by atoms with Gasteiger partial charge in [0.2, 0.25) is 0 Å². The first-order chi connectivity index (χ1) is 7.33. The van der Waals surface area contributed by atoms with Crippen LogP contribution in [-0.4, -0.2) is 47.3 Å². The van der Waals surface area contributed by atoms with Crippen molar-refractivity contribution in [3.8, 4) is 0 Å². The molecule has 90 valence electrons. The van der Waals surface area contributed by atoms with E-state index in [1.54, 1.807) is 0 Å². The van der Waals surface area contributed by atoms with Gasteiger partial charge in [0, 0.05) is 24.6 Å². The van der Waals surface area contributed by atoms with Crippen LogP contribution < -0.4 is 0 Å². The van der Waals surface area contributed by atoms with Crippen molar-refractivity contribution in [3.63, 3.8) is 0 Å². The van der Waals surface area contributed by atoms with Crippen molar-refractivity contribution >= 4 is 11.8 Å². The van der Waals surface area contributed by atoms with Gasteiger partial charge in [0.05, 0.1) is 6.10 Å². The molecule has 1 fully saturated rings. The van der Waals surface area contributed by atoms with Crippen LogP contribution in [0.25, 0.3) is 0 Å². The molecule has 1 rings (SSSR count). The van der Waals surface area contributed by atoms with Gasteiger partial charge in [-0.3, -0.25) is 0 Å². The zero-order valence-electron chi connectivity index (χ0n) is 9.95. The van der Waals surface area contributed by atoms with Gasteiger partial charge in [-0.05, 0) is 25.8 Å². The van der Waals surface area contributed by atoms with E-state index in [4.69, 9.17) is 0 Å². The third kappa shape index (κ3) is 6.44. The van der Waals surface area contributed by atoms with Gasteiger partial charge in [-0.1, -0.05) is 19.8 Å². The quantitative estimate of drug-likeness (QED) is 0.727. The summed E-state index contributed by atoms with van der Waals surface area (Å²) in [7, 11) is 0. The summed E-state index contributed by atoms with van der Waals surface area (Å²) in [6, 6.07) is 0. The molecule has 1 N–H and O–H groups in total. The van der Waals surface area contributed by atoms with Gasteiger partial charge in [-0.15, -0.1) is 0 Å². The summed E-state index contributed by atoms with van der Waals surface area (Å²) in [5, 5.41) is 9.69. The summed E-state index contributed by atoms with van der Waals surface area (Å²) in [5.74, 6) is 2.58. The highest BCUT2D eigenvalue weighted by molar-refractivity contribution is 7.99. The Bertz CT molecular complexity index is 149. The normalized spacial score (nSPS) is 20.4. The van der Waals surface area contributed by atoms with Crippen LogP contribution in [0.15, 0.2) is 0 Å². The average Bonchev–Trinajstić information content (AvgIpc) is 2.28. The van der Waals surface area contributed by atoms with Crippen LogP contribution in [0.5, 0.6) is 0 Å². The minimum absolute atomic E-state index is 0.0517. The monoisotopic (exact) mass is 231 g/mol. The van der Waals surface area contributed by atoms with Crippen molar-refractivity contribution in [2.45, 2.75) is 45.1 Å². The predicted octanol–water partition coefficient (Wildman–Crippen LogP) is 2.37. The Morgan fingerprint density at radius 2 is 1.87 bits per heavy atom. The fraction of sp³-hybridized carbons (Fsp3) is 1.00. The van der Waals surface area contributed by atoms with E-state index in [1.165, 1.54) is 44.0 Å². The lowest BCUT2D eigenvalue weighted by atomic mass is 10.1. The minimum atomic E-state index is -0.0517. The molecule has 1 aliphatic rings. The van der Waals surface area contributed by atoms with Crippen molar-refractivity contribution in [2.75, 3.05) is 31.1 Å². The Hall–Kier alpha value is 0.270. The van der Waals surface area contributed by atoms with Crippen LogP contribution in [0, 0.1) is 0 Å². The van der Waals surface area contributed by atoms with Crippen LogP contribution in [0.3, 0.4) is 0 Å². The second-order valence-corrected chi connectivity index (χ2v) is 5.62. The van der Waals surface area contributed by atoms with Crippen molar-refractivity contribution in [1.82, 2.24) is 4.90 Å². The lowest BCUT2D eigenvalue weighted by molar-refractivity contribution is 0.142. The van der Waals surface area contributed by atoms with E-state index < -0.39 is 0 Å². The highest BCUT2D eigenvalue weighted by Crippen LogP contribution is 2.11. The van der Waals surface area contributed by atoms with Crippen LogP contribution in [0.1, 0.15) is 39.0 Å². The Morgan fingerprint density at radius 1 is 1.20 bits per heavy atom. The fourth-order valence-electron chi connectivity index (χ4n) is 1.96. The zero-order chi connectivity index (χ0) is 10.9. The minimum Gasteiger partial charge on any atom is -0.393 e. The molecule has 0 amide bonds. The van der Waals surface area contributed by atoms with Crippen molar-refractivity contribution in [2.24, 2.45) is 0 Å². The number of aliphatic hydroxyl groups is 1. The maximum absolute atomic E-state index is 9.69. The molecule has 0 bridgehead atoms. The molecule has 0 aromatic rings. The summed E-state index contributed by atoms with van der Waals surface area (Å²) in [6.45, 7) is 5.85. The van der Waals surface area contributed by atoms with Gasteiger partial charge in [-0.2, -0.15) is 11.8 Å². The van der Waals surface area contributed by atoms with E-state index in [9.17, 15) is 5.11 Å². The standard InChI is InChI=1S/C12H25NOS/c1-2-3-5-12(14)6-4-7-13-8-10-15-11-9-13/h12,14H,2-11H2,1H3/t12-/m0/s1. The molecule has 0 unspecified atom stereocenters. The molecular formula is C12H25NOS. The third-order valence-electron chi connectivity index (χ3n) is 3.01. The first-order valence-corrected chi connectivity index (χ1v) is 7.46. The summed E-state index contributed by atoms with van der Waals surface area (Å²) in [6.07, 6.45) is 5.46. The van der Waals surface area contributed by atoms with Crippen molar-refractivity contribution in [1.29, 1.82) is 0 Å². The maximum Gasteiger partial charge on any atom is 0.0540 e. The molecule has 0 spiro atoms. The molecule has 2 nitrogen and oxygen atoms in total. The number of thioether (sulfide) groups is 1. The summed E-state index contributed by atoms with van der Waals surface area (Å²) < 4.78 is 0. The second kappa shape index (κ2) is 8.43. The molecule has 0 saturated carbocycles. The molecule has 15 heavy (non-hydrogen) atoms. The summed E-state index contributed by atoms with van der Waals surface area (Å²) >= 11 is 2.06. The van der Waals surface area contributed by atoms with Crippen LogP contribution >= 0.6 is 11.8 Å². The Balaban J connectivity index is 1.94. The summed E-state index contributed by atoms with van der Waals surface area (Å²) in [5.41, 5.74) is 0. The number of hydrogen-bond donors (Lipinski definition) is 1. The van der Waals surface area contributed by atoms with Crippen LogP contribution in [0.4, 0.5) is 0 Å². The highest BCUT2D eigenvalue weighted by atomic mass is 32.2. The number of rotatable bonds is 7. The molecule has 1 heterocycles. The highest BCUT2D eigenvalue weighted by Gasteiger charge is 2.10. The first-order valence-electron chi connectivity index (χ1n) is 6.31. The molecule has 0 radical (unpaired) electrons. The topological polar surface area (TPSA) is 23.5 Å². The fourth-order valence-corrected chi connectivity index (χ4v) is 2.94. The van der Waals surface area contributed by atoms with E-state index in [0.717, 1.165) is 19.3 Å². The maximum atomic E-state index is 9.69. The molecule has 0 aromatic heterocycles. The van der Waals surface area contributed by atoms with Crippen molar-refractivity contribution < 1.29 is 5.11 Å². The van der Waals surface area contributed by atoms with Crippen molar-refractivity contribution in [3.05, 3.63) is 0 Å². The van der Waals surface area contributed by atoms with E-state index in [0.29, 0.717) is 0 Å². The average molecular weight is 231 g/mol. The van der Waals surface area contributed by atoms with Gasteiger partial charge >= 0.3 is 0 Å². The molecule has 3 heteroatoms.